The zero-order chi connectivity index (χ0) is 20.1. The lowest BCUT2D eigenvalue weighted by Crippen LogP contribution is -2.27. The van der Waals surface area contributed by atoms with Gasteiger partial charge in [-0.2, -0.15) is 11.8 Å². The van der Waals surface area contributed by atoms with Crippen molar-refractivity contribution in [2.24, 2.45) is 0 Å². The van der Waals surface area contributed by atoms with Crippen LogP contribution in [-0.4, -0.2) is 31.4 Å². The Morgan fingerprint density at radius 2 is 1.78 bits per heavy atom. The summed E-state index contributed by atoms with van der Waals surface area (Å²) in [4.78, 5) is 12.4. The summed E-state index contributed by atoms with van der Waals surface area (Å²) in [6.45, 7) is 8.78. The molecule has 2 N–H and O–H groups in total. The number of hydrogen-bond acceptors (Lipinski definition) is 4. The maximum absolute atomic E-state index is 12.6. The molecule has 2 aromatic carbocycles. The molecule has 0 aliphatic rings. The molecule has 0 spiro atoms. The quantitative estimate of drug-likeness (QED) is 0.680. The van der Waals surface area contributed by atoms with Gasteiger partial charge >= 0.3 is 0 Å². The second-order valence-electron chi connectivity index (χ2n) is 7.22. The highest BCUT2D eigenvalue weighted by atomic mass is 32.2. The van der Waals surface area contributed by atoms with E-state index < -0.39 is 10.0 Å². The highest BCUT2D eigenvalue weighted by Gasteiger charge is 2.17. The predicted molar refractivity (Wildman–Crippen MR) is 113 cm³/mol. The molecule has 0 radical (unpaired) electrons. The lowest BCUT2D eigenvalue weighted by Gasteiger charge is -2.17. The predicted octanol–water partition coefficient (Wildman–Crippen LogP) is 4.06. The zero-order valence-corrected chi connectivity index (χ0v) is 17.7. The average molecular weight is 407 g/mol. The van der Waals surface area contributed by atoms with Gasteiger partial charge in [0.1, 0.15) is 0 Å². The van der Waals surface area contributed by atoms with Gasteiger partial charge in [0.25, 0.3) is 15.9 Å². The van der Waals surface area contributed by atoms with Crippen LogP contribution < -0.4 is 10.0 Å². The molecule has 27 heavy (non-hydrogen) atoms. The van der Waals surface area contributed by atoms with Gasteiger partial charge in [-0.05, 0) is 42.8 Å². The fourth-order valence-corrected chi connectivity index (χ4v) is 4.26. The van der Waals surface area contributed by atoms with Crippen LogP contribution in [0.5, 0.6) is 0 Å². The molecule has 0 aliphatic heterocycles. The number of nitrogens with one attached hydrogen (secondary N) is 2. The van der Waals surface area contributed by atoms with E-state index in [1.54, 1.807) is 42.1 Å². The van der Waals surface area contributed by atoms with Crippen LogP contribution in [0.2, 0.25) is 0 Å². The van der Waals surface area contributed by atoms with Crippen LogP contribution in [0, 0.1) is 6.92 Å². The molecule has 2 rings (SSSR count). The van der Waals surface area contributed by atoms with E-state index in [9.17, 15) is 13.2 Å². The number of carbonyl (C=O) groups excluding carboxylic acids is 1. The SMILES string of the molecule is Cc1cccc(NS(=O)(=O)c2cccc(C(=O)NCCSC(C)(C)C)c2)c1. The molecule has 0 fully saturated rings. The monoisotopic (exact) mass is 406 g/mol. The molecule has 0 unspecified atom stereocenters. The maximum atomic E-state index is 12.6. The molecule has 0 heterocycles. The fraction of sp³-hybridized carbons (Fsp3) is 0.350. The summed E-state index contributed by atoms with van der Waals surface area (Å²) in [6.07, 6.45) is 0. The van der Waals surface area contributed by atoms with Gasteiger partial charge in [0, 0.05) is 28.3 Å². The van der Waals surface area contributed by atoms with Gasteiger partial charge in [0.2, 0.25) is 0 Å². The molecular weight excluding hydrogens is 380 g/mol. The van der Waals surface area contributed by atoms with Gasteiger partial charge in [-0.3, -0.25) is 9.52 Å². The third kappa shape index (κ3) is 6.92. The second-order valence-corrected chi connectivity index (χ2v) is 10.8. The first kappa shape index (κ1) is 21.3. The molecule has 0 bridgehead atoms. The summed E-state index contributed by atoms with van der Waals surface area (Å²) < 4.78 is 27.9. The van der Waals surface area contributed by atoms with Gasteiger partial charge in [-0.1, -0.05) is 39.0 Å². The van der Waals surface area contributed by atoms with Crippen LogP contribution in [0.3, 0.4) is 0 Å². The third-order valence-corrected chi connectivity index (χ3v) is 6.25. The smallest absolute Gasteiger partial charge is 0.261 e. The molecule has 0 saturated carbocycles. The van der Waals surface area contributed by atoms with Gasteiger partial charge in [-0.25, -0.2) is 8.42 Å². The van der Waals surface area contributed by atoms with E-state index in [4.69, 9.17) is 0 Å². The molecule has 2 aromatic rings. The summed E-state index contributed by atoms with van der Waals surface area (Å²) in [6, 6.07) is 13.2. The van der Waals surface area contributed by atoms with Crippen molar-refractivity contribution in [3.05, 3.63) is 59.7 Å². The van der Waals surface area contributed by atoms with Crippen molar-refractivity contribution in [2.45, 2.75) is 37.3 Å². The van der Waals surface area contributed by atoms with Crippen molar-refractivity contribution in [3.8, 4) is 0 Å². The Kier molecular flexibility index (Phi) is 6.95. The fourth-order valence-electron chi connectivity index (χ4n) is 2.35. The van der Waals surface area contributed by atoms with Gasteiger partial charge < -0.3 is 5.32 Å². The van der Waals surface area contributed by atoms with E-state index in [-0.39, 0.29) is 15.5 Å². The van der Waals surface area contributed by atoms with Crippen LogP contribution in [0.15, 0.2) is 53.4 Å². The van der Waals surface area contributed by atoms with E-state index in [1.807, 2.05) is 13.0 Å². The summed E-state index contributed by atoms with van der Waals surface area (Å²) in [5.74, 6) is 0.513. The first-order chi connectivity index (χ1) is 12.6. The van der Waals surface area contributed by atoms with E-state index >= 15 is 0 Å². The molecule has 0 atom stereocenters. The van der Waals surface area contributed by atoms with Crippen molar-refractivity contribution < 1.29 is 13.2 Å². The van der Waals surface area contributed by atoms with Gasteiger partial charge in [0.05, 0.1) is 4.90 Å². The molecule has 0 aliphatic carbocycles. The second kappa shape index (κ2) is 8.80. The van der Waals surface area contributed by atoms with Crippen LogP contribution in [-0.2, 0) is 10.0 Å². The number of amides is 1. The molecule has 7 heteroatoms. The molecule has 5 nitrogen and oxygen atoms in total. The Hall–Kier alpha value is -1.99. The number of anilines is 1. The number of rotatable bonds is 7. The number of hydrogen-bond donors (Lipinski definition) is 2. The number of carbonyl (C=O) groups is 1. The van der Waals surface area contributed by atoms with Crippen molar-refractivity contribution in [2.75, 3.05) is 17.0 Å². The minimum Gasteiger partial charge on any atom is -0.351 e. The van der Waals surface area contributed by atoms with Crippen LogP contribution in [0.25, 0.3) is 0 Å². The van der Waals surface area contributed by atoms with E-state index in [1.165, 1.54) is 12.1 Å². The summed E-state index contributed by atoms with van der Waals surface area (Å²) >= 11 is 1.76. The van der Waals surface area contributed by atoms with Crippen molar-refractivity contribution >= 4 is 33.4 Å². The van der Waals surface area contributed by atoms with Crippen LogP contribution in [0.1, 0.15) is 36.7 Å². The largest absolute Gasteiger partial charge is 0.351 e. The van der Waals surface area contributed by atoms with E-state index in [0.29, 0.717) is 17.8 Å². The van der Waals surface area contributed by atoms with Gasteiger partial charge in [-0.15, -0.1) is 0 Å². The lowest BCUT2D eigenvalue weighted by molar-refractivity contribution is 0.0956. The summed E-state index contributed by atoms with van der Waals surface area (Å²) in [7, 11) is -3.76. The molecule has 146 valence electrons. The van der Waals surface area contributed by atoms with E-state index in [2.05, 4.69) is 30.8 Å². The molecule has 1 amide bonds. The Labute approximate surface area is 166 Å². The minimum atomic E-state index is -3.76. The topological polar surface area (TPSA) is 75.3 Å². The Bertz CT molecular complexity index is 903. The molecule has 0 aromatic heterocycles. The minimum absolute atomic E-state index is 0.0562. The number of sulfonamides is 1. The Balaban J connectivity index is 2.06. The highest BCUT2D eigenvalue weighted by Crippen LogP contribution is 2.22. The van der Waals surface area contributed by atoms with Crippen molar-refractivity contribution in [1.29, 1.82) is 0 Å². The summed E-state index contributed by atoms with van der Waals surface area (Å²) in [5, 5.41) is 2.83. The first-order valence-corrected chi connectivity index (χ1v) is 11.2. The lowest BCUT2D eigenvalue weighted by atomic mass is 10.2. The maximum Gasteiger partial charge on any atom is 0.261 e. The number of aryl methyl sites for hydroxylation is 1. The van der Waals surface area contributed by atoms with Crippen molar-refractivity contribution in [1.82, 2.24) is 5.32 Å². The van der Waals surface area contributed by atoms with E-state index in [0.717, 1.165) is 11.3 Å². The molecular formula is C20H26N2O3S2. The summed E-state index contributed by atoms with van der Waals surface area (Å²) in [5.41, 5.74) is 1.77. The average Bonchev–Trinajstić information content (AvgIpc) is 2.57. The number of benzene rings is 2. The van der Waals surface area contributed by atoms with Gasteiger partial charge in [0.15, 0.2) is 0 Å². The Morgan fingerprint density at radius 3 is 2.44 bits per heavy atom. The first-order valence-electron chi connectivity index (χ1n) is 8.68. The third-order valence-electron chi connectivity index (χ3n) is 3.60. The van der Waals surface area contributed by atoms with Crippen molar-refractivity contribution in [3.63, 3.8) is 0 Å². The van der Waals surface area contributed by atoms with Crippen LogP contribution in [0.4, 0.5) is 5.69 Å². The highest BCUT2D eigenvalue weighted by molar-refractivity contribution is 8.00. The molecule has 0 saturated heterocycles. The van der Waals surface area contributed by atoms with Crippen LogP contribution >= 0.6 is 11.8 Å². The Morgan fingerprint density at radius 1 is 1.07 bits per heavy atom. The number of thioether (sulfide) groups is 1. The standard InChI is InChI=1S/C20H26N2O3S2/c1-15-7-5-9-17(13-15)22-27(24,25)18-10-6-8-16(14-18)19(23)21-11-12-26-20(2,3)4/h5-10,13-14,22H,11-12H2,1-4H3,(H,21,23). The normalized spacial score (nSPS) is 11.9. The zero-order valence-electron chi connectivity index (χ0n) is 16.1.